The number of nitrogen functional groups attached to an aromatic ring is 1. The van der Waals surface area contributed by atoms with E-state index in [2.05, 4.69) is 5.32 Å². The molecule has 1 heterocycles. The normalized spacial score (nSPS) is 25.4. The number of anilines is 2. The van der Waals surface area contributed by atoms with Crippen LogP contribution in [0.4, 0.5) is 11.4 Å². The predicted octanol–water partition coefficient (Wildman–Crippen LogP) is 1.63. The van der Waals surface area contributed by atoms with Crippen molar-refractivity contribution in [2.75, 3.05) is 31.4 Å². The third-order valence-electron chi connectivity index (χ3n) is 3.50. The lowest BCUT2D eigenvalue weighted by molar-refractivity contribution is 0.0329. The van der Waals surface area contributed by atoms with Crippen LogP contribution in [0, 0.1) is 0 Å². The zero-order valence-electron chi connectivity index (χ0n) is 10.4. The molecule has 0 spiro atoms. The molecule has 1 aliphatic carbocycles. The summed E-state index contributed by atoms with van der Waals surface area (Å²) in [7, 11) is 1.75. The van der Waals surface area contributed by atoms with E-state index in [4.69, 9.17) is 19.9 Å². The zero-order chi connectivity index (χ0) is 12.5. The number of hydrogen-bond donors (Lipinski definition) is 2. The lowest BCUT2D eigenvalue weighted by Crippen LogP contribution is -2.40. The van der Waals surface area contributed by atoms with Crippen LogP contribution in [0.5, 0.6) is 11.5 Å². The van der Waals surface area contributed by atoms with Crippen LogP contribution in [0.3, 0.4) is 0 Å². The molecule has 1 saturated carbocycles. The van der Waals surface area contributed by atoms with Gasteiger partial charge in [-0.1, -0.05) is 0 Å². The molecule has 1 aromatic rings. The van der Waals surface area contributed by atoms with Gasteiger partial charge in [0.15, 0.2) is 11.5 Å². The maximum atomic E-state index is 6.01. The average Bonchev–Trinajstić information content (AvgIpc) is 2.33. The molecule has 1 fully saturated rings. The Hall–Kier alpha value is -1.62. The summed E-state index contributed by atoms with van der Waals surface area (Å²) in [4.78, 5) is 0. The third kappa shape index (κ3) is 2.06. The summed E-state index contributed by atoms with van der Waals surface area (Å²) < 4.78 is 16.3. The predicted molar refractivity (Wildman–Crippen MR) is 69.3 cm³/mol. The summed E-state index contributed by atoms with van der Waals surface area (Å²) >= 11 is 0. The molecule has 5 heteroatoms. The first-order chi connectivity index (χ1) is 8.76. The number of fused-ring (bicyclic) bond motifs is 1. The molecule has 3 rings (SSSR count). The monoisotopic (exact) mass is 250 g/mol. The van der Waals surface area contributed by atoms with Crippen LogP contribution < -0.4 is 20.5 Å². The Labute approximate surface area is 106 Å². The van der Waals surface area contributed by atoms with E-state index in [1.165, 1.54) is 0 Å². The van der Waals surface area contributed by atoms with Gasteiger partial charge in [0.1, 0.15) is 13.2 Å². The van der Waals surface area contributed by atoms with E-state index in [-0.39, 0.29) is 0 Å². The quantitative estimate of drug-likeness (QED) is 0.798. The van der Waals surface area contributed by atoms with E-state index in [9.17, 15) is 0 Å². The molecule has 1 aliphatic heterocycles. The fraction of sp³-hybridized carbons (Fsp3) is 0.538. The highest BCUT2D eigenvalue weighted by atomic mass is 16.6. The fourth-order valence-corrected chi connectivity index (χ4v) is 2.33. The van der Waals surface area contributed by atoms with Crippen LogP contribution in [0.15, 0.2) is 12.1 Å². The molecular weight excluding hydrogens is 232 g/mol. The number of methoxy groups -OCH3 is 1. The Morgan fingerprint density at radius 2 is 1.89 bits per heavy atom. The molecule has 0 unspecified atom stereocenters. The molecule has 0 saturated heterocycles. The summed E-state index contributed by atoms with van der Waals surface area (Å²) in [6.45, 7) is 1.17. The second-order valence-electron chi connectivity index (χ2n) is 4.75. The summed E-state index contributed by atoms with van der Waals surface area (Å²) in [6, 6.07) is 4.17. The molecule has 0 atom stereocenters. The minimum absolute atomic E-state index is 0.376. The Balaban J connectivity index is 1.72. The maximum Gasteiger partial charge on any atom is 0.163 e. The van der Waals surface area contributed by atoms with E-state index in [1.54, 1.807) is 7.11 Å². The highest BCUT2D eigenvalue weighted by molar-refractivity contribution is 5.72. The Morgan fingerprint density at radius 1 is 1.22 bits per heavy atom. The molecule has 5 nitrogen and oxygen atoms in total. The van der Waals surface area contributed by atoms with Crippen LogP contribution in [0.1, 0.15) is 12.8 Å². The van der Waals surface area contributed by atoms with Gasteiger partial charge in [0.2, 0.25) is 0 Å². The second kappa shape index (κ2) is 4.57. The molecular formula is C13H18N2O3. The Morgan fingerprint density at radius 3 is 2.56 bits per heavy atom. The molecule has 0 bridgehead atoms. The van der Waals surface area contributed by atoms with E-state index in [0.29, 0.717) is 31.0 Å². The zero-order valence-corrected chi connectivity index (χ0v) is 10.4. The van der Waals surface area contributed by atoms with Gasteiger partial charge >= 0.3 is 0 Å². The van der Waals surface area contributed by atoms with Crippen LogP contribution in [-0.4, -0.2) is 32.5 Å². The maximum absolute atomic E-state index is 6.01. The molecule has 0 radical (unpaired) electrons. The molecule has 3 N–H and O–H groups in total. The van der Waals surface area contributed by atoms with Gasteiger partial charge < -0.3 is 25.3 Å². The summed E-state index contributed by atoms with van der Waals surface area (Å²) in [5.74, 6) is 1.49. The first kappa shape index (κ1) is 11.5. The van der Waals surface area contributed by atoms with Crippen LogP contribution in [0.25, 0.3) is 0 Å². The van der Waals surface area contributed by atoms with Gasteiger partial charge in [-0.05, 0) is 12.8 Å². The van der Waals surface area contributed by atoms with E-state index >= 15 is 0 Å². The average molecular weight is 250 g/mol. The van der Waals surface area contributed by atoms with Crippen molar-refractivity contribution in [3.63, 3.8) is 0 Å². The van der Waals surface area contributed by atoms with Crippen LogP contribution >= 0.6 is 0 Å². The Bertz CT molecular complexity index is 444. The largest absolute Gasteiger partial charge is 0.486 e. The van der Waals surface area contributed by atoms with E-state index < -0.39 is 0 Å². The summed E-state index contributed by atoms with van der Waals surface area (Å²) in [5, 5.41) is 3.42. The number of nitrogens with two attached hydrogens (primary N) is 1. The minimum Gasteiger partial charge on any atom is -0.486 e. The van der Waals surface area contributed by atoms with Gasteiger partial charge in [0.05, 0.1) is 17.5 Å². The molecule has 2 aliphatic rings. The van der Waals surface area contributed by atoms with Crippen molar-refractivity contribution in [1.29, 1.82) is 0 Å². The highest BCUT2D eigenvalue weighted by Crippen LogP contribution is 2.38. The number of nitrogens with one attached hydrogen (secondary N) is 1. The van der Waals surface area contributed by atoms with Gasteiger partial charge in [-0.25, -0.2) is 0 Å². The molecule has 0 amide bonds. The first-order valence-corrected chi connectivity index (χ1v) is 6.24. The molecule has 0 aromatic heterocycles. The van der Waals surface area contributed by atoms with Crippen molar-refractivity contribution in [2.45, 2.75) is 25.0 Å². The van der Waals surface area contributed by atoms with Crippen molar-refractivity contribution >= 4 is 11.4 Å². The SMILES string of the molecule is COC1CC(Nc2cc3c(cc2N)OCCO3)C1. The second-order valence-corrected chi connectivity index (χ2v) is 4.75. The van der Waals surface area contributed by atoms with Gasteiger partial charge in [-0.3, -0.25) is 0 Å². The number of hydrogen-bond acceptors (Lipinski definition) is 5. The summed E-state index contributed by atoms with van der Waals surface area (Å²) in [6.07, 6.45) is 2.41. The van der Waals surface area contributed by atoms with Crippen LogP contribution in [0.2, 0.25) is 0 Å². The number of rotatable bonds is 3. The van der Waals surface area contributed by atoms with Crippen molar-refractivity contribution < 1.29 is 14.2 Å². The lowest BCUT2D eigenvalue weighted by atomic mass is 9.89. The Kier molecular flexibility index (Phi) is 2.91. The highest BCUT2D eigenvalue weighted by Gasteiger charge is 2.29. The van der Waals surface area contributed by atoms with Crippen molar-refractivity contribution in [3.05, 3.63) is 12.1 Å². The van der Waals surface area contributed by atoms with Gasteiger partial charge in [0.25, 0.3) is 0 Å². The van der Waals surface area contributed by atoms with Crippen molar-refractivity contribution in [2.24, 2.45) is 0 Å². The topological polar surface area (TPSA) is 65.7 Å². The van der Waals surface area contributed by atoms with E-state index in [0.717, 1.165) is 30.0 Å². The van der Waals surface area contributed by atoms with Crippen LogP contribution in [-0.2, 0) is 4.74 Å². The van der Waals surface area contributed by atoms with Crippen molar-refractivity contribution in [1.82, 2.24) is 0 Å². The summed E-state index contributed by atoms with van der Waals surface area (Å²) in [5.41, 5.74) is 7.62. The molecule has 98 valence electrons. The minimum atomic E-state index is 0.376. The lowest BCUT2D eigenvalue weighted by Gasteiger charge is -2.35. The standard InChI is InChI=1S/C13H18N2O3/c1-16-9-4-8(5-9)15-11-7-13-12(6-10(11)14)17-2-3-18-13/h6-9,15H,2-5,14H2,1H3. The van der Waals surface area contributed by atoms with E-state index in [1.807, 2.05) is 12.1 Å². The fourth-order valence-electron chi connectivity index (χ4n) is 2.33. The van der Waals surface area contributed by atoms with Gasteiger partial charge in [0, 0.05) is 25.3 Å². The van der Waals surface area contributed by atoms with Gasteiger partial charge in [-0.15, -0.1) is 0 Å². The van der Waals surface area contributed by atoms with Crippen molar-refractivity contribution in [3.8, 4) is 11.5 Å². The molecule has 1 aromatic carbocycles. The number of ether oxygens (including phenoxy) is 3. The third-order valence-corrected chi connectivity index (χ3v) is 3.50. The number of benzene rings is 1. The smallest absolute Gasteiger partial charge is 0.163 e. The molecule has 18 heavy (non-hydrogen) atoms. The van der Waals surface area contributed by atoms with Gasteiger partial charge in [-0.2, -0.15) is 0 Å². The first-order valence-electron chi connectivity index (χ1n) is 6.24.